The predicted molar refractivity (Wildman–Crippen MR) is 68.3 cm³/mol. The lowest BCUT2D eigenvalue weighted by Gasteiger charge is -2.26. The lowest BCUT2D eigenvalue weighted by Crippen LogP contribution is -2.53. The van der Waals surface area contributed by atoms with Gasteiger partial charge in [0.2, 0.25) is 5.91 Å². The van der Waals surface area contributed by atoms with Crippen LogP contribution in [0.15, 0.2) is 0 Å². The Hall–Kier alpha value is -0.610. The molecule has 0 saturated heterocycles. The van der Waals surface area contributed by atoms with Crippen molar-refractivity contribution in [2.24, 2.45) is 5.73 Å². The maximum Gasteiger partial charge on any atom is 0.240 e. The largest absolute Gasteiger partial charge is 0.352 e. The van der Waals surface area contributed by atoms with Crippen molar-refractivity contribution in [3.8, 4) is 0 Å². The number of hydrogen-bond acceptors (Lipinski definition) is 3. The average molecular weight is 229 g/mol. The van der Waals surface area contributed by atoms with Gasteiger partial charge in [0, 0.05) is 6.04 Å². The molecular weight excluding hydrogens is 202 g/mol. The number of nitrogens with zero attached hydrogens (tertiary/aromatic N) is 1. The molecule has 0 saturated carbocycles. The summed E-state index contributed by atoms with van der Waals surface area (Å²) in [5, 5.41) is 2.97. The Labute approximate surface area is 99.6 Å². The number of hydrogen-bond donors (Lipinski definition) is 2. The van der Waals surface area contributed by atoms with Crippen LogP contribution in [0.25, 0.3) is 0 Å². The minimum atomic E-state index is -0.735. The molecule has 0 aromatic carbocycles. The molecule has 16 heavy (non-hydrogen) atoms. The Morgan fingerprint density at radius 2 is 2.06 bits per heavy atom. The summed E-state index contributed by atoms with van der Waals surface area (Å²) in [6, 6.07) is 0.176. The van der Waals surface area contributed by atoms with Crippen molar-refractivity contribution < 1.29 is 4.79 Å². The van der Waals surface area contributed by atoms with Gasteiger partial charge >= 0.3 is 0 Å². The molecule has 0 bridgehead atoms. The van der Waals surface area contributed by atoms with Crippen LogP contribution in [-0.4, -0.2) is 43.0 Å². The molecule has 4 nitrogen and oxygen atoms in total. The number of carbonyl (C=O) groups excluding carboxylic acids is 1. The van der Waals surface area contributed by atoms with Crippen molar-refractivity contribution in [1.82, 2.24) is 10.2 Å². The van der Waals surface area contributed by atoms with E-state index in [4.69, 9.17) is 5.73 Å². The fourth-order valence-electron chi connectivity index (χ4n) is 1.55. The lowest BCUT2D eigenvalue weighted by atomic mass is 9.96. The summed E-state index contributed by atoms with van der Waals surface area (Å²) in [6.07, 6.45) is 2.59. The summed E-state index contributed by atoms with van der Waals surface area (Å²) in [7, 11) is 4.05. The SMILES string of the molecule is CCCC(C)(N)C(=O)NC(C)CCN(C)C. The standard InChI is InChI=1S/C12H27N3O/c1-6-8-12(3,13)11(16)14-10(2)7-9-15(4)5/h10H,6-9,13H2,1-5H3,(H,14,16). The van der Waals surface area contributed by atoms with Crippen LogP contribution in [0.4, 0.5) is 0 Å². The van der Waals surface area contributed by atoms with Gasteiger partial charge in [0.15, 0.2) is 0 Å². The Balaban J connectivity index is 4.03. The van der Waals surface area contributed by atoms with Crippen molar-refractivity contribution in [1.29, 1.82) is 0 Å². The maximum atomic E-state index is 11.9. The fourth-order valence-corrected chi connectivity index (χ4v) is 1.55. The van der Waals surface area contributed by atoms with Gasteiger partial charge in [-0.1, -0.05) is 13.3 Å². The van der Waals surface area contributed by atoms with Gasteiger partial charge in [-0.15, -0.1) is 0 Å². The van der Waals surface area contributed by atoms with Gasteiger partial charge in [0.1, 0.15) is 0 Å². The van der Waals surface area contributed by atoms with E-state index in [1.54, 1.807) is 6.92 Å². The molecule has 2 atom stereocenters. The number of nitrogens with two attached hydrogens (primary N) is 1. The summed E-state index contributed by atoms with van der Waals surface area (Å²) in [6.45, 7) is 6.82. The van der Waals surface area contributed by atoms with Crippen molar-refractivity contribution in [3.63, 3.8) is 0 Å². The molecule has 0 aromatic heterocycles. The highest BCUT2D eigenvalue weighted by Gasteiger charge is 2.27. The highest BCUT2D eigenvalue weighted by molar-refractivity contribution is 5.85. The molecule has 96 valence electrons. The molecule has 0 aliphatic heterocycles. The van der Waals surface area contributed by atoms with E-state index >= 15 is 0 Å². The van der Waals surface area contributed by atoms with Crippen LogP contribution in [0.3, 0.4) is 0 Å². The first kappa shape index (κ1) is 15.4. The van der Waals surface area contributed by atoms with E-state index in [0.717, 1.165) is 25.8 Å². The normalized spacial score (nSPS) is 16.9. The molecule has 0 spiro atoms. The van der Waals surface area contributed by atoms with Crippen molar-refractivity contribution >= 4 is 5.91 Å². The fraction of sp³-hybridized carbons (Fsp3) is 0.917. The van der Waals surface area contributed by atoms with Crippen molar-refractivity contribution in [2.45, 2.75) is 51.6 Å². The van der Waals surface area contributed by atoms with Gasteiger partial charge in [-0.2, -0.15) is 0 Å². The maximum absolute atomic E-state index is 11.9. The predicted octanol–water partition coefficient (Wildman–Crippen LogP) is 0.960. The Morgan fingerprint density at radius 1 is 1.50 bits per heavy atom. The molecule has 1 amide bonds. The Kier molecular flexibility index (Phi) is 6.60. The molecule has 0 aliphatic carbocycles. The Bertz CT molecular complexity index is 214. The molecule has 0 aromatic rings. The van der Waals surface area contributed by atoms with Gasteiger partial charge < -0.3 is 16.0 Å². The first-order valence-electron chi connectivity index (χ1n) is 6.04. The summed E-state index contributed by atoms with van der Waals surface area (Å²) in [5.74, 6) is -0.0411. The van der Waals surface area contributed by atoms with E-state index in [1.807, 2.05) is 27.9 Å². The molecule has 0 heterocycles. The zero-order valence-corrected chi connectivity index (χ0v) is 11.3. The minimum absolute atomic E-state index is 0.0411. The number of nitrogens with one attached hydrogen (secondary N) is 1. The third-order valence-corrected chi connectivity index (χ3v) is 2.67. The van der Waals surface area contributed by atoms with E-state index in [0.29, 0.717) is 0 Å². The second-order valence-corrected chi connectivity index (χ2v) is 5.13. The van der Waals surface area contributed by atoms with Gasteiger partial charge in [0.05, 0.1) is 5.54 Å². The smallest absolute Gasteiger partial charge is 0.240 e. The average Bonchev–Trinajstić information content (AvgIpc) is 2.14. The van der Waals surface area contributed by atoms with Crippen LogP contribution in [0, 0.1) is 0 Å². The summed E-state index contributed by atoms with van der Waals surface area (Å²) in [5.41, 5.74) is 5.22. The van der Waals surface area contributed by atoms with Gasteiger partial charge in [-0.25, -0.2) is 0 Å². The molecule has 0 aliphatic rings. The first-order chi connectivity index (χ1) is 7.29. The number of rotatable bonds is 7. The molecule has 3 N–H and O–H groups in total. The second kappa shape index (κ2) is 6.86. The highest BCUT2D eigenvalue weighted by atomic mass is 16.2. The highest BCUT2D eigenvalue weighted by Crippen LogP contribution is 2.09. The van der Waals surface area contributed by atoms with E-state index in [9.17, 15) is 4.79 Å². The molecule has 0 radical (unpaired) electrons. The third kappa shape index (κ3) is 6.08. The van der Waals surface area contributed by atoms with Gasteiger partial charge in [-0.05, 0) is 47.3 Å². The van der Waals surface area contributed by atoms with Crippen LogP contribution < -0.4 is 11.1 Å². The molecule has 0 fully saturated rings. The van der Waals surface area contributed by atoms with Crippen LogP contribution in [0.5, 0.6) is 0 Å². The molecular formula is C12H27N3O. The quantitative estimate of drug-likeness (QED) is 0.683. The van der Waals surface area contributed by atoms with E-state index < -0.39 is 5.54 Å². The first-order valence-corrected chi connectivity index (χ1v) is 6.04. The summed E-state index contributed by atoms with van der Waals surface area (Å²) in [4.78, 5) is 14.0. The van der Waals surface area contributed by atoms with Gasteiger partial charge in [-0.3, -0.25) is 4.79 Å². The van der Waals surface area contributed by atoms with Crippen LogP contribution in [0.1, 0.15) is 40.0 Å². The van der Waals surface area contributed by atoms with Crippen LogP contribution in [0.2, 0.25) is 0 Å². The topological polar surface area (TPSA) is 58.4 Å². The molecule has 0 rings (SSSR count). The van der Waals surface area contributed by atoms with E-state index in [2.05, 4.69) is 10.2 Å². The van der Waals surface area contributed by atoms with Crippen molar-refractivity contribution in [3.05, 3.63) is 0 Å². The zero-order chi connectivity index (χ0) is 12.8. The summed E-state index contributed by atoms with van der Waals surface area (Å²) >= 11 is 0. The second-order valence-electron chi connectivity index (χ2n) is 5.13. The van der Waals surface area contributed by atoms with E-state index in [-0.39, 0.29) is 11.9 Å². The van der Waals surface area contributed by atoms with Crippen molar-refractivity contribution in [2.75, 3.05) is 20.6 Å². The van der Waals surface area contributed by atoms with Crippen LogP contribution in [-0.2, 0) is 4.79 Å². The van der Waals surface area contributed by atoms with Crippen LogP contribution >= 0.6 is 0 Å². The third-order valence-electron chi connectivity index (χ3n) is 2.67. The number of carbonyl (C=O) groups is 1. The monoisotopic (exact) mass is 229 g/mol. The Morgan fingerprint density at radius 3 is 2.50 bits per heavy atom. The molecule has 2 unspecified atom stereocenters. The van der Waals surface area contributed by atoms with Gasteiger partial charge in [0.25, 0.3) is 0 Å². The molecule has 4 heteroatoms. The lowest BCUT2D eigenvalue weighted by molar-refractivity contribution is -0.126. The number of amides is 1. The van der Waals surface area contributed by atoms with E-state index in [1.165, 1.54) is 0 Å². The minimum Gasteiger partial charge on any atom is -0.352 e. The zero-order valence-electron chi connectivity index (χ0n) is 11.3. The summed E-state index contributed by atoms with van der Waals surface area (Å²) < 4.78 is 0.